The second-order valence-electron chi connectivity index (χ2n) is 11.1. The fraction of sp³-hybridized carbons (Fsp3) is 0. The van der Waals surface area contributed by atoms with Gasteiger partial charge >= 0.3 is 0 Å². The molecule has 0 spiro atoms. The SMILES string of the molecule is [2H]c1c([2H])c(N(c2ccccc2)c2c([2H])c([2H])c(-c3ccc4ccccc4c3-c3ccccc3)c([2H])c2[2H])c([2H])c([2H])c1-c1ccc(-c2ccccc2)cc1. The zero-order valence-electron chi connectivity index (χ0n) is 33.4. The molecule has 0 radical (unpaired) electrons. The number of benzene rings is 8. The molecule has 0 saturated carbocycles. The molecular formula is C46H33N. The first-order valence-electron chi connectivity index (χ1n) is 19.5. The molecule has 8 rings (SSSR count). The molecule has 0 atom stereocenters. The van der Waals surface area contributed by atoms with Gasteiger partial charge in [0, 0.05) is 17.1 Å². The number of hydrogen-bond acceptors (Lipinski definition) is 1. The van der Waals surface area contributed by atoms with Crippen molar-refractivity contribution in [3.63, 3.8) is 0 Å². The topological polar surface area (TPSA) is 3.24 Å². The van der Waals surface area contributed by atoms with Crippen LogP contribution >= 0.6 is 0 Å². The van der Waals surface area contributed by atoms with E-state index < -0.39 is 0 Å². The van der Waals surface area contributed by atoms with Crippen molar-refractivity contribution in [2.45, 2.75) is 0 Å². The lowest BCUT2D eigenvalue weighted by Crippen LogP contribution is -2.09. The summed E-state index contributed by atoms with van der Waals surface area (Å²) < 4.78 is 74.7. The van der Waals surface area contributed by atoms with E-state index in [1.54, 1.807) is 42.5 Å². The Hall–Kier alpha value is -6.18. The highest BCUT2D eigenvalue weighted by atomic mass is 15.1. The zero-order valence-corrected chi connectivity index (χ0v) is 25.4. The monoisotopic (exact) mass is 607 g/mol. The van der Waals surface area contributed by atoms with Crippen LogP contribution in [0.2, 0.25) is 0 Å². The summed E-state index contributed by atoms with van der Waals surface area (Å²) >= 11 is 0. The molecule has 0 aliphatic heterocycles. The molecule has 8 aromatic carbocycles. The van der Waals surface area contributed by atoms with Gasteiger partial charge in [0.2, 0.25) is 0 Å². The molecule has 0 aliphatic rings. The summed E-state index contributed by atoms with van der Waals surface area (Å²) in [6, 6.07) is 44.2. The van der Waals surface area contributed by atoms with Crippen LogP contribution in [0.3, 0.4) is 0 Å². The largest absolute Gasteiger partial charge is 0.311 e. The van der Waals surface area contributed by atoms with E-state index in [1.807, 2.05) is 109 Å². The van der Waals surface area contributed by atoms with E-state index in [2.05, 4.69) is 0 Å². The van der Waals surface area contributed by atoms with Crippen LogP contribution in [-0.4, -0.2) is 0 Å². The second kappa shape index (κ2) is 12.7. The van der Waals surface area contributed by atoms with Gasteiger partial charge in [0.25, 0.3) is 0 Å². The maximum atomic E-state index is 9.46. The Morgan fingerprint density at radius 1 is 0.319 bits per heavy atom. The van der Waals surface area contributed by atoms with Crippen LogP contribution in [0.1, 0.15) is 11.0 Å². The number of fused-ring (bicyclic) bond motifs is 1. The van der Waals surface area contributed by atoms with Gasteiger partial charge in [0.05, 0.1) is 11.0 Å². The smallest absolute Gasteiger partial charge is 0.0645 e. The summed E-state index contributed by atoms with van der Waals surface area (Å²) in [5.74, 6) is 0. The quantitative estimate of drug-likeness (QED) is 0.174. The minimum atomic E-state index is -0.385. The third kappa shape index (κ3) is 5.72. The van der Waals surface area contributed by atoms with Crippen molar-refractivity contribution in [3.05, 3.63) is 200 Å². The molecular weight excluding hydrogens is 567 g/mol. The lowest BCUT2D eigenvalue weighted by molar-refractivity contribution is 1.28. The van der Waals surface area contributed by atoms with Crippen LogP contribution in [0, 0.1) is 0 Å². The number of para-hydroxylation sites is 1. The highest BCUT2D eigenvalue weighted by Gasteiger charge is 2.15. The summed E-state index contributed by atoms with van der Waals surface area (Å²) in [6.45, 7) is 0. The van der Waals surface area contributed by atoms with Gasteiger partial charge in [-0.15, -0.1) is 0 Å². The molecule has 1 heteroatoms. The van der Waals surface area contributed by atoms with Gasteiger partial charge < -0.3 is 4.90 Å². The summed E-state index contributed by atoms with van der Waals surface area (Å²) in [5, 5.41) is 1.86. The van der Waals surface area contributed by atoms with Gasteiger partial charge in [-0.05, 0) is 91.6 Å². The van der Waals surface area contributed by atoms with Crippen LogP contribution in [0.4, 0.5) is 17.1 Å². The normalized spacial score (nSPS) is 13.4. The Morgan fingerprint density at radius 3 is 1.40 bits per heavy atom. The van der Waals surface area contributed by atoms with Crippen molar-refractivity contribution >= 4 is 27.8 Å². The molecule has 0 fully saturated rings. The maximum absolute atomic E-state index is 9.46. The minimum absolute atomic E-state index is 0.116. The lowest BCUT2D eigenvalue weighted by atomic mass is 9.90. The highest BCUT2D eigenvalue weighted by molar-refractivity contribution is 6.04. The summed E-state index contributed by atoms with van der Waals surface area (Å²) in [6.07, 6.45) is 0. The average Bonchev–Trinajstić information content (AvgIpc) is 3.23. The average molecular weight is 608 g/mol. The van der Waals surface area contributed by atoms with E-state index in [4.69, 9.17) is 0 Å². The molecule has 0 N–H and O–H groups in total. The van der Waals surface area contributed by atoms with Gasteiger partial charge in [0.1, 0.15) is 0 Å². The standard InChI is InChI=1S/C46H33N/c1-4-12-34(13-5-1)35-20-22-36(23-21-35)37-24-29-42(30-25-37)47(41-17-8-3-9-18-41)43-31-26-39(27-32-43)45-33-28-38-14-10-11-19-44(38)46(45)40-15-6-2-7-16-40/h1-33H/i24D,25D,26D,27D,29D,30D,31D,32D. The van der Waals surface area contributed by atoms with Gasteiger partial charge in [-0.2, -0.15) is 0 Å². The van der Waals surface area contributed by atoms with Crippen LogP contribution in [-0.2, 0) is 0 Å². The molecule has 0 bridgehead atoms. The van der Waals surface area contributed by atoms with Crippen molar-refractivity contribution in [2.75, 3.05) is 4.90 Å². The van der Waals surface area contributed by atoms with E-state index in [1.165, 1.54) is 4.90 Å². The molecule has 0 unspecified atom stereocenters. The fourth-order valence-electron chi connectivity index (χ4n) is 5.92. The van der Waals surface area contributed by atoms with Crippen molar-refractivity contribution < 1.29 is 11.0 Å². The molecule has 1 nitrogen and oxygen atoms in total. The minimum Gasteiger partial charge on any atom is -0.311 e. The Labute approximate surface area is 287 Å². The Kier molecular flexibility index (Phi) is 5.60. The van der Waals surface area contributed by atoms with Crippen molar-refractivity contribution in [1.82, 2.24) is 0 Å². The molecule has 0 amide bonds. The van der Waals surface area contributed by atoms with E-state index in [0.29, 0.717) is 16.8 Å². The predicted molar refractivity (Wildman–Crippen MR) is 200 cm³/mol. The first-order valence-corrected chi connectivity index (χ1v) is 15.5. The molecule has 0 heterocycles. The maximum Gasteiger partial charge on any atom is 0.0645 e. The van der Waals surface area contributed by atoms with Crippen LogP contribution in [0.25, 0.3) is 55.3 Å². The first-order chi connectivity index (χ1) is 26.7. The van der Waals surface area contributed by atoms with E-state index >= 15 is 0 Å². The zero-order chi connectivity index (χ0) is 38.4. The van der Waals surface area contributed by atoms with Crippen molar-refractivity contribution in [2.24, 2.45) is 0 Å². The number of rotatable bonds is 7. The number of nitrogens with zero attached hydrogens (tertiary/aromatic N) is 1. The summed E-state index contributed by atoms with van der Waals surface area (Å²) in [5.41, 5.74) is 4.84. The third-order valence-electron chi connectivity index (χ3n) is 8.23. The molecule has 47 heavy (non-hydrogen) atoms. The van der Waals surface area contributed by atoms with Gasteiger partial charge in [-0.3, -0.25) is 0 Å². The Balaban J connectivity index is 1.34. The Bertz CT molecular complexity index is 2660. The third-order valence-corrected chi connectivity index (χ3v) is 8.23. The van der Waals surface area contributed by atoms with Crippen molar-refractivity contribution in [1.29, 1.82) is 0 Å². The van der Waals surface area contributed by atoms with Gasteiger partial charge in [-0.25, -0.2) is 0 Å². The summed E-state index contributed by atoms with van der Waals surface area (Å²) in [4.78, 5) is 1.33. The molecule has 0 saturated heterocycles. The molecule has 0 aromatic heterocycles. The van der Waals surface area contributed by atoms with Gasteiger partial charge in [0.15, 0.2) is 0 Å². The fourth-order valence-corrected chi connectivity index (χ4v) is 5.92. The second-order valence-corrected chi connectivity index (χ2v) is 11.1. The van der Waals surface area contributed by atoms with Crippen LogP contribution < -0.4 is 4.90 Å². The summed E-state index contributed by atoms with van der Waals surface area (Å²) in [7, 11) is 0. The van der Waals surface area contributed by atoms with Gasteiger partial charge in [-0.1, -0.05) is 164 Å². The van der Waals surface area contributed by atoms with E-state index in [0.717, 1.165) is 33.0 Å². The molecule has 0 aliphatic carbocycles. The molecule has 222 valence electrons. The van der Waals surface area contributed by atoms with Crippen LogP contribution in [0.5, 0.6) is 0 Å². The van der Waals surface area contributed by atoms with Crippen molar-refractivity contribution in [3.8, 4) is 44.5 Å². The lowest BCUT2D eigenvalue weighted by Gasteiger charge is -2.26. The highest BCUT2D eigenvalue weighted by Crippen LogP contribution is 2.41. The number of anilines is 3. The predicted octanol–water partition coefficient (Wildman–Crippen LogP) is 13.0. The molecule has 8 aromatic rings. The first kappa shape index (κ1) is 20.8. The Morgan fingerprint density at radius 2 is 0.787 bits per heavy atom. The van der Waals surface area contributed by atoms with Crippen LogP contribution in [0.15, 0.2) is 200 Å². The van der Waals surface area contributed by atoms with E-state index in [-0.39, 0.29) is 70.8 Å². The number of hydrogen-bond donors (Lipinski definition) is 0. The van der Waals surface area contributed by atoms with E-state index in [9.17, 15) is 11.0 Å².